The number of fused-ring (bicyclic) bond motifs is 1. The molecule has 2 aromatic heterocycles. The topological polar surface area (TPSA) is 102 Å². The molecular formula is C21H22FN7OS. The van der Waals surface area contributed by atoms with Crippen LogP contribution in [-0.4, -0.2) is 46.5 Å². The van der Waals surface area contributed by atoms with Crippen LogP contribution in [-0.2, 0) is 4.74 Å². The minimum Gasteiger partial charge on any atom is -0.381 e. The van der Waals surface area contributed by atoms with Gasteiger partial charge in [-0.05, 0) is 49.4 Å². The van der Waals surface area contributed by atoms with Crippen molar-refractivity contribution < 1.29 is 9.13 Å². The van der Waals surface area contributed by atoms with Gasteiger partial charge in [0.25, 0.3) is 0 Å². The number of anilines is 4. The minimum absolute atomic E-state index is 0.204. The monoisotopic (exact) mass is 439 g/mol. The highest BCUT2D eigenvalue weighted by Crippen LogP contribution is 2.33. The number of hydrogen-bond acceptors (Lipinski definition) is 8. The Labute approximate surface area is 183 Å². The SMILES string of the molecule is N#Cc1c[nH]c2nc(Nc3ccc(N4CCCS4)c(F)c3)nc(NC3CCOCC3)c12. The molecule has 2 fully saturated rings. The number of nitrogens with one attached hydrogen (secondary N) is 3. The highest BCUT2D eigenvalue weighted by molar-refractivity contribution is 8.00. The fourth-order valence-electron chi connectivity index (χ4n) is 3.87. The van der Waals surface area contributed by atoms with E-state index in [4.69, 9.17) is 4.74 Å². The Morgan fingerprint density at radius 3 is 2.90 bits per heavy atom. The van der Waals surface area contributed by atoms with Crippen LogP contribution in [0.25, 0.3) is 11.0 Å². The number of ether oxygens (including phenoxy) is 1. The molecule has 0 bridgehead atoms. The highest BCUT2D eigenvalue weighted by Gasteiger charge is 2.20. The van der Waals surface area contributed by atoms with Crippen LogP contribution in [0.15, 0.2) is 24.4 Å². The standard InChI is InChI=1S/C21H22FN7OS/c22-16-10-15(2-3-17(16)29-6-1-9-31-29)26-21-27-19-18(13(11-23)12-24-19)20(28-21)25-14-4-7-30-8-5-14/h2-3,10,12,14H,1,4-9H2,(H3,24,25,26,27,28). The third-order valence-electron chi connectivity index (χ3n) is 5.44. The largest absolute Gasteiger partial charge is 0.381 e. The minimum atomic E-state index is -0.285. The van der Waals surface area contributed by atoms with Crippen LogP contribution in [0.1, 0.15) is 24.8 Å². The summed E-state index contributed by atoms with van der Waals surface area (Å²) in [7, 11) is 0. The summed E-state index contributed by atoms with van der Waals surface area (Å²) in [4.78, 5) is 12.1. The summed E-state index contributed by atoms with van der Waals surface area (Å²) in [6.45, 7) is 2.23. The summed E-state index contributed by atoms with van der Waals surface area (Å²) in [5.74, 6) is 1.64. The van der Waals surface area contributed by atoms with E-state index in [9.17, 15) is 9.65 Å². The molecule has 0 saturated carbocycles. The van der Waals surface area contributed by atoms with Gasteiger partial charge in [0.05, 0.1) is 16.6 Å². The van der Waals surface area contributed by atoms with Crippen molar-refractivity contribution >= 4 is 46.1 Å². The zero-order valence-corrected chi connectivity index (χ0v) is 17.6. The summed E-state index contributed by atoms with van der Waals surface area (Å²) < 4.78 is 22.1. The Balaban J connectivity index is 1.44. The van der Waals surface area contributed by atoms with Crippen LogP contribution in [0.2, 0.25) is 0 Å². The van der Waals surface area contributed by atoms with E-state index >= 15 is 0 Å². The summed E-state index contributed by atoms with van der Waals surface area (Å²) in [5.41, 5.74) is 2.19. The summed E-state index contributed by atoms with van der Waals surface area (Å²) in [6.07, 6.45) is 4.41. The fraction of sp³-hybridized carbons (Fsp3) is 0.381. The van der Waals surface area contributed by atoms with E-state index in [1.807, 2.05) is 10.4 Å². The highest BCUT2D eigenvalue weighted by atomic mass is 32.2. The molecule has 0 spiro atoms. The number of aromatic amines is 1. The van der Waals surface area contributed by atoms with Crippen molar-refractivity contribution in [3.05, 3.63) is 35.8 Å². The van der Waals surface area contributed by atoms with Crippen LogP contribution in [0, 0.1) is 17.1 Å². The van der Waals surface area contributed by atoms with Crippen molar-refractivity contribution in [2.24, 2.45) is 0 Å². The fourth-order valence-corrected chi connectivity index (χ4v) is 4.89. The molecule has 5 rings (SSSR count). The zero-order valence-electron chi connectivity index (χ0n) is 16.8. The quantitative estimate of drug-likeness (QED) is 0.510. The van der Waals surface area contributed by atoms with Gasteiger partial charge >= 0.3 is 0 Å². The van der Waals surface area contributed by atoms with Crippen LogP contribution in [0.4, 0.5) is 27.5 Å². The first-order valence-corrected chi connectivity index (χ1v) is 11.3. The normalized spacial score (nSPS) is 17.1. The Hall–Kier alpha value is -3.03. The molecular weight excluding hydrogens is 417 g/mol. The van der Waals surface area contributed by atoms with Crippen LogP contribution >= 0.6 is 11.9 Å². The predicted octanol–water partition coefficient (Wildman–Crippen LogP) is 4.16. The van der Waals surface area contributed by atoms with E-state index in [1.54, 1.807) is 24.2 Å². The van der Waals surface area contributed by atoms with E-state index in [1.165, 1.54) is 6.07 Å². The number of nitriles is 1. The summed E-state index contributed by atoms with van der Waals surface area (Å²) in [6, 6.07) is 7.45. The van der Waals surface area contributed by atoms with E-state index < -0.39 is 0 Å². The molecule has 160 valence electrons. The lowest BCUT2D eigenvalue weighted by Gasteiger charge is -2.24. The number of benzene rings is 1. The lowest BCUT2D eigenvalue weighted by molar-refractivity contribution is 0.0904. The molecule has 31 heavy (non-hydrogen) atoms. The number of nitrogens with zero attached hydrogens (tertiary/aromatic N) is 4. The molecule has 4 heterocycles. The first-order valence-electron chi connectivity index (χ1n) is 10.3. The molecule has 1 aromatic carbocycles. The summed E-state index contributed by atoms with van der Waals surface area (Å²) in [5, 5.41) is 16.7. The van der Waals surface area contributed by atoms with E-state index in [0.717, 1.165) is 31.6 Å². The molecule has 0 amide bonds. The van der Waals surface area contributed by atoms with Gasteiger partial charge in [0.1, 0.15) is 23.4 Å². The van der Waals surface area contributed by atoms with Gasteiger partial charge in [0, 0.05) is 43.4 Å². The first-order chi connectivity index (χ1) is 15.2. The number of rotatable bonds is 5. The molecule has 0 unspecified atom stereocenters. The van der Waals surface area contributed by atoms with Crippen molar-refractivity contribution in [3.63, 3.8) is 0 Å². The molecule has 0 atom stereocenters. The maximum absolute atomic E-state index is 14.7. The molecule has 3 N–H and O–H groups in total. The molecule has 2 saturated heterocycles. The van der Waals surface area contributed by atoms with Gasteiger partial charge in [-0.3, -0.25) is 0 Å². The predicted molar refractivity (Wildman–Crippen MR) is 120 cm³/mol. The molecule has 0 aliphatic carbocycles. The lowest BCUT2D eigenvalue weighted by atomic mass is 10.1. The van der Waals surface area contributed by atoms with Crippen LogP contribution < -0.4 is 14.9 Å². The second-order valence-corrected chi connectivity index (χ2v) is 8.65. The number of H-pyrrole nitrogens is 1. The van der Waals surface area contributed by atoms with E-state index in [2.05, 4.69) is 31.7 Å². The van der Waals surface area contributed by atoms with Crippen molar-refractivity contribution in [3.8, 4) is 6.07 Å². The molecule has 2 aliphatic rings. The Morgan fingerprint density at radius 1 is 1.29 bits per heavy atom. The molecule has 0 radical (unpaired) electrons. The van der Waals surface area contributed by atoms with Gasteiger partial charge in [-0.2, -0.15) is 15.2 Å². The molecule has 3 aromatic rings. The first kappa shape index (κ1) is 19.9. The Kier molecular flexibility index (Phi) is 5.53. The van der Waals surface area contributed by atoms with Gasteiger partial charge in [-0.1, -0.05) is 0 Å². The Bertz CT molecular complexity index is 1130. The van der Waals surface area contributed by atoms with Crippen LogP contribution in [0.5, 0.6) is 0 Å². The van der Waals surface area contributed by atoms with Gasteiger partial charge in [0.2, 0.25) is 5.95 Å². The molecule has 8 nitrogen and oxygen atoms in total. The second-order valence-electron chi connectivity index (χ2n) is 7.54. The molecule has 2 aliphatic heterocycles. The van der Waals surface area contributed by atoms with Crippen molar-refractivity contribution in [1.29, 1.82) is 5.26 Å². The average molecular weight is 440 g/mol. The van der Waals surface area contributed by atoms with Gasteiger partial charge in [-0.15, -0.1) is 0 Å². The maximum atomic E-state index is 14.7. The van der Waals surface area contributed by atoms with E-state index in [-0.39, 0.29) is 11.9 Å². The summed E-state index contributed by atoms with van der Waals surface area (Å²) >= 11 is 1.64. The van der Waals surface area contributed by atoms with Crippen molar-refractivity contribution in [2.75, 3.05) is 40.5 Å². The second kappa shape index (κ2) is 8.61. The van der Waals surface area contributed by atoms with Crippen molar-refractivity contribution in [2.45, 2.75) is 25.3 Å². The van der Waals surface area contributed by atoms with Gasteiger partial charge in [-0.25, -0.2) is 4.39 Å². The molecule has 10 heteroatoms. The smallest absolute Gasteiger partial charge is 0.231 e. The van der Waals surface area contributed by atoms with Crippen LogP contribution in [0.3, 0.4) is 0 Å². The number of halogens is 1. The lowest BCUT2D eigenvalue weighted by Crippen LogP contribution is -2.28. The maximum Gasteiger partial charge on any atom is 0.231 e. The van der Waals surface area contributed by atoms with E-state index in [0.29, 0.717) is 53.0 Å². The van der Waals surface area contributed by atoms with Gasteiger partial charge < -0.3 is 24.7 Å². The zero-order chi connectivity index (χ0) is 21.2. The van der Waals surface area contributed by atoms with Gasteiger partial charge in [0.15, 0.2) is 0 Å². The third-order valence-corrected chi connectivity index (χ3v) is 6.60. The number of hydrogen-bond donors (Lipinski definition) is 3. The van der Waals surface area contributed by atoms with Crippen molar-refractivity contribution in [1.82, 2.24) is 15.0 Å². The Morgan fingerprint density at radius 2 is 2.16 bits per heavy atom. The average Bonchev–Trinajstić information content (AvgIpc) is 3.45. The number of aromatic nitrogens is 3. The third kappa shape index (κ3) is 4.11.